The zero-order valence-electron chi connectivity index (χ0n) is 32.7. The minimum Gasteiger partial charge on any atom is -0.508 e. The monoisotopic (exact) mass is 820 g/mol. The van der Waals surface area contributed by atoms with E-state index in [9.17, 15) is 39.6 Å². The molecule has 15 heteroatoms. The minimum absolute atomic E-state index is 0.0329. The predicted octanol–water partition coefficient (Wildman–Crippen LogP) is 6.16. The van der Waals surface area contributed by atoms with E-state index in [1.807, 2.05) is 0 Å². The molecule has 0 atom stereocenters. The Morgan fingerprint density at radius 1 is 0.787 bits per heavy atom. The van der Waals surface area contributed by atoms with Crippen molar-refractivity contribution in [2.45, 2.75) is 38.3 Å². The first kappa shape index (κ1) is 39.0. The van der Waals surface area contributed by atoms with Gasteiger partial charge in [0.15, 0.2) is 11.1 Å². The van der Waals surface area contributed by atoms with Crippen LogP contribution in [0.1, 0.15) is 62.5 Å². The molecule has 1 saturated heterocycles. The number of benzene rings is 5. The summed E-state index contributed by atoms with van der Waals surface area (Å²) >= 11 is 0. The van der Waals surface area contributed by atoms with Gasteiger partial charge in [0.1, 0.15) is 40.0 Å². The van der Waals surface area contributed by atoms with Gasteiger partial charge in [0.25, 0.3) is 11.8 Å². The highest BCUT2D eigenvalue weighted by molar-refractivity contribution is 6.09. The van der Waals surface area contributed by atoms with Crippen LogP contribution in [0.2, 0.25) is 0 Å². The van der Waals surface area contributed by atoms with Crippen LogP contribution in [0.3, 0.4) is 0 Å². The molecule has 4 aliphatic rings. The summed E-state index contributed by atoms with van der Waals surface area (Å²) in [5, 5.41) is 56.2. The van der Waals surface area contributed by atoms with Crippen LogP contribution in [0.4, 0.5) is 0 Å². The standard InChI is InChI=1S/C46H40N6O9/c53-30-10-14-37(38(56)20-30)52-43(42(49-50-52)45(58)48-29-15-17-51(18-16-29)24-26-1-2-26)27-5-3-25(4-6-27)23-47-44(57)28-7-11-33(36(19-28)46(59)60)41-34-12-8-31(54)21-39(34)61-40-22-32(55)9-13-35(40)41/h3-14,19-22,26,29,53-54,56H,1-2,15-18,23-24H2,(H,47,57)(H,48,58)(H,59,60). The fourth-order valence-corrected chi connectivity index (χ4v) is 8.03. The van der Waals surface area contributed by atoms with E-state index in [4.69, 9.17) is 4.42 Å². The number of aromatic carboxylic acids is 1. The highest BCUT2D eigenvalue weighted by atomic mass is 16.4. The number of carboxylic acid groups (broad SMARTS) is 1. The summed E-state index contributed by atoms with van der Waals surface area (Å²) in [5.74, 6) is -1.69. The molecule has 15 nitrogen and oxygen atoms in total. The summed E-state index contributed by atoms with van der Waals surface area (Å²) in [5.41, 5.74) is 2.92. The van der Waals surface area contributed by atoms with Gasteiger partial charge >= 0.3 is 5.97 Å². The van der Waals surface area contributed by atoms with Crippen molar-refractivity contribution in [2.75, 3.05) is 19.6 Å². The van der Waals surface area contributed by atoms with Crippen LogP contribution < -0.4 is 16.1 Å². The third kappa shape index (κ3) is 7.98. The molecule has 3 heterocycles. The van der Waals surface area contributed by atoms with Crippen molar-refractivity contribution in [1.29, 1.82) is 0 Å². The number of phenolic OH excluding ortho intramolecular Hbond substituents is 3. The Kier molecular flexibility index (Phi) is 10.2. The number of nitrogens with zero attached hydrogens (tertiary/aromatic N) is 4. The van der Waals surface area contributed by atoms with Gasteiger partial charge < -0.3 is 40.4 Å². The van der Waals surface area contributed by atoms with Gasteiger partial charge in [-0.2, -0.15) is 0 Å². The first-order valence-electron chi connectivity index (χ1n) is 19.9. The smallest absolute Gasteiger partial charge is 0.336 e. The molecule has 0 radical (unpaired) electrons. The summed E-state index contributed by atoms with van der Waals surface area (Å²) in [6.45, 7) is 2.99. The number of carbonyl (C=O) groups is 3. The average molecular weight is 821 g/mol. The number of fused-ring (bicyclic) bond motifs is 2. The van der Waals surface area contributed by atoms with Crippen LogP contribution in [-0.4, -0.2) is 83.8 Å². The van der Waals surface area contributed by atoms with Crippen LogP contribution in [0.5, 0.6) is 17.2 Å². The minimum atomic E-state index is -1.28. The van der Waals surface area contributed by atoms with Crippen molar-refractivity contribution in [1.82, 2.24) is 30.5 Å². The number of likely N-dealkylation sites (tertiary alicyclic amines) is 1. The zero-order chi connectivity index (χ0) is 42.4. The molecule has 308 valence electrons. The average Bonchev–Trinajstić information content (AvgIpc) is 3.96. The zero-order valence-corrected chi connectivity index (χ0v) is 32.7. The van der Waals surface area contributed by atoms with Crippen molar-refractivity contribution in [3.05, 3.63) is 130 Å². The molecule has 2 aliphatic carbocycles. The van der Waals surface area contributed by atoms with Gasteiger partial charge in [0, 0.05) is 78.1 Å². The largest absolute Gasteiger partial charge is 0.508 e. The molecule has 0 unspecified atom stereocenters. The maximum atomic E-state index is 13.8. The Bertz CT molecular complexity index is 2870. The first-order valence-corrected chi connectivity index (χ1v) is 19.9. The molecular weight excluding hydrogens is 781 g/mol. The van der Waals surface area contributed by atoms with E-state index in [-0.39, 0.29) is 74.7 Å². The van der Waals surface area contributed by atoms with E-state index >= 15 is 0 Å². The third-order valence-corrected chi connectivity index (χ3v) is 11.3. The van der Waals surface area contributed by atoms with E-state index in [0.29, 0.717) is 33.3 Å². The van der Waals surface area contributed by atoms with Gasteiger partial charge in [-0.3, -0.25) is 14.4 Å². The number of nitrogens with one attached hydrogen (secondary N) is 2. The summed E-state index contributed by atoms with van der Waals surface area (Å²) < 4.78 is 7.26. The molecule has 6 N–H and O–H groups in total. The van der Waals surface area contributed by atoms with Crippen LogP contribution in [0, 0.1) is 5.92 Å². The van der Waals surface area contributed by atoms with Gasteiger partial charge in [-0.05, 0) is 91.3 Å². The number of phenols is 3. The second kappa shape index (κ2) is 15.9. The number of hydrogen-bond donors (Lipinski definition) is 6. The van der Waals surface area contributed by atoms with E-state index in [0.717, 1.165) is 38.4 Å². The first-order chi connectivity index (χ1) is 29.5. The van der Waals surface area contributed by atoms with E-state index in [2.05, 4.69) is 25.8 Å². The summed E-state index contributed by atoms with van der Waals surface area (Å²) in [6.07, 6.45) is 4.21. The number of aromatic nitrogens is 3. The Labute approximate surface area is 347 Å². The van der Waals surface area contributed by atoms with E-state index in [1.165, 1.54) is 78.2 Å². The van der Waals surface area contributed by atoms with Crippen molar-refractivity contribution < 1.29 is 39.2 Å². The molecule has 9 rings (SSSR count). The number of rotatable bonds is 11. The lowest BCUT2D eigenvalue weighted by Gasteiger charge is -2.32. The number of carboxylic acids is 1. The second-order valence-electron chi connectivity index (χ2n) is 15.6. The Hall–Kier alpha value is -7.52. The Morgan fingerprint density at radius 2 is 1.52 bits per heavy atom. The van der Waals surface area contributed by atoms with Gasteiger partial charge in [0.05, 0.1) is 5.56 Å². The van der Waals surface area contributed by atoms with Crippen LogP contribution >= 0.6 is 0 Å². The highest BCUT2D eigenvalue weighted by Crippen LogP contribution is 2.42. The topological polar surface area (TPSA) is 220 Å². The molecular formula is C46H40N6O9. The maximum absolute atomic E-state index is 13.8. The fraction of sp³-hybridized carbons (Fsp3) is 0.217. The van der Waals surface area contributed by atoms with Crippen molar-refractivity contribution in [3.63, 3.8) is 0 Å². The van der Waals surface area contributed by atoms with Crippen molar-refractivity contribution in [3.8, 4) is 56.6 Å². The molecule has 4 aromatic carbocycles. The van der Waals surface area contributed by atoms with E-state index in [1.54, 1.807) is 36.4 Å². The SMILES string of the molecule is O=C(NCc1ccc(-c2c(C(=O)NC3CCN(CC4CC4)CC3)nnn2-c2ccc(O)cc2O)cc1)c1ccc(-c2c3ccc(=O)cc-3oc3cc(O)ccc23)c(C(=O)O)c1. The van der Waals surface area contributed by atoms with Crippen molar-refractivity contribution in [2.24, 2.45) is 5.92 Å². The Balaban J connectivity index is 0.954. The molecule has 5 aromatic rings. The van der Waals surface area contributed by atoms with Gasteiger partial charge in [-0.25, -0.2) is 9.48 Å². The van der Waals surface area contributed by atoms with Crippen LogP contribution in [-0.2, 0) is 6.54 Å². The second-order valence-corrected chi connectivity index (χ2v) is 15.6. The molecule has 2 aliphatic heterocycles. The number of piperidine rings is 1. The molecule has 2 amide bonds. The van der Waals surface area contributed by atoms with Crippen LogP contribution in [0.15, 0.2) is 106 Å². The number of hydrogen-bond acceptors (Lipinski definition) is 11. The van der Waals surface area contributed by atoms with Gasteiger partial charge in [-0.15, -0.1) is 5.10 Å². The summed E-state index contributed by atoms with van der Waals surface area (Å²) in [7, 11) is 0. The predicted molar refractivity (Wildman–Crippen MR) is 224 cm³/mol. The molecule has 1 saturated carbocycles. The lowest BCUT2D eigenvalue weighted by atomic mass is 9.90. The summed E-state index contributed by atoms with van der Waals surface area (Å²) in [6, 6.07) is 24.0. The quantitative estimate of drug-likeness (QED) is 0.0808. The number of aromatic hydroxyl groups is 3. The number of carbonyl (C=O) groups excluding carboxylic acids is 2. The summed E-state index contributed by atoms with van der Waals surface area (Å²) in [4.78, 5) is 54.7. The highest BCUT2D eigenvalue weighted by Gasteiger charge is 2.30. The molecule has 0 spiro atoms. The maximum Gasteiger partial charge on any atom is 0.336 e. The normalized spacial score (nSPS) is 14.6. The lowest BCUT2D eigenvalue weighted by molar-refractivity contribution is 0.0697. The van der Waals surface area contributed by atoms with Gasteiger partial charge in [0.2, 0.25) is 0 Å². The van der Waals surface area contributed by atoms with Crippen LogP contribution in [0.25, 0.3) is 50.4 Å². The molecule has 0 bridgehead atoms. The molecule has 61 heavy (non-hydrogen) atoms. The molecule has 1 aromatic heterocycles. The fourth-order valence-electron chi connectivity index (χ4n) is 8.03. The third-order valence-electron chi connectivity index (χ3n) is 11.3. The van der Waals surface area contributed by atoms with Crippen molar-refractivity contribution >= 4 is 28.8 Å². The lowest BCUT2D eigenvalue weighted by Crippen LogP contribution is -2.45. The van der Waals surface area contributed by atoms with Gasteiger partial charge in [-0.1, -0.05) is 35.5 Å². The molecule has 2 fully saturated rings. The van der Waals surface area contributed by atoms with E-state index < -0.39 is 17.8 Å². The Morgan fingerprint density at radius 3 is 2.26 bits per heavy atom. The number of amides is 2.